The summed E-state index contributed by atoms with van der Waals surface area (Å²) in [5.41, 5.74) is 0. The summed E-state index contributed by atoms with van der Waals surface area (Å²) in [6, 6.07) is 3.66. The fourth-order valence-corrected chi connectivity index (χ4v) is 1.44. The maximum atomic E-state index is 11.8. The molecule has 1 aromatic heterocycles. The summed E-state index contributed by atoms with van der Waals surface area (Å²) >= 11 is 0. The normalized spacial score (nSPS) is 13.3. The lowest BCUT2D eigenvalue weighted by molar-refractivity contribution is -0.137. The second-order valence-corrected chi connectivity index (χ2v) is 4.29. The van der Waals surface area contributed by atoms with Crippen molar-refractivity contribution in [2.45, 2.75) is 32.0 Å². The molecule has 1 amide bonds. The lowest BCUT2D eigenvalue weighted by Gasteiger charge is -2.13. The lowest BCUT2D eigenvalue weighted by atomic mass is 10.1. The molecule has 0 aromatic carbocycles. The van der Waals surface area contributed by atoms with E-state index in [4.69, 9.17) is 4.42 Å². The number of carbonyl (C=O) groups excluding carboxylic acids is 1. The van der Waals surface area contributed by atoms with Crippen LogP contribution in [0.5, 0.6) is 0 Å². The number of halogens is 3. The highest BCUT2D eigenvalue weighted by Gasteiger charge is 2.27. The molecule has 0 fully saturated rings. The fourth-order valence-electron chi connectivity index (χ4n) is 1.44. The van der Waals surface area contributed by atoms with E-state index in [0.29, 0.717) is 6.42 Å². The van der Waals surface area contributed by atoms with E-state index < -0.39 is 18.6 Å². The molecule has 0 aliphatic rings. The standard InChI is InChI=1S/C12H17F3N2O2/c1-9(4-5-10-3-2-6-19-10)16-7-11(18)17-8-12(13,14)15/h2-3,6,9,16H,4-5,7-8H2,1H3,(H,17,18). The Morgan fingerprint density at radius 2 is 2.21 bits per heavy atom. The van der Waals surface area contributed by atoms with Crippen LogP contribution in [-0.4, -0.2) is 31.2 Å². The molecule has 0 aliphatic carbocycles. The van der Waals surface area contributed by atoms with Crippen molar-refractivity contribution >= 4 is 5.91 Å². The van der Waals surface area contributed by atoms with Crippen molar-refractivity contribution in [1.29, 1.82) is 0 Å². The van der Waals surface area contributed by atoms with E-state index in [2.05, 4.69) is 5.32 Å². The number of rotatable bonds is 7. The predicted octanol–water partition coefficient (Wildman–Crippen LogP) is 1.87. The molecule has 1 heterocycles. The van der Waals surface area contributed by atoms with Gasteiger partial charge in [-0.05, 0) is 25.5 Å². The first-order chi connectivity index (χ1) is 8.87. The highest BCUT2D eigenvalue weighted by atomic mass is 19.4. The molecule has 0 aliphatic heterocycles. The van der Waals surface area contributed by atoms with Gasteiger partial charge < -0.3 is 15.1 Å². The number of hydrogen-bond acceptors (Lipinski definition) is 3. The number of carbonyl (C=O) groups is 1. The van der Waals surface area contributed by atoms with Crippen LogP contribution in [0.1, 0.15) is 19.1 Å². The Balaban J connectivity index is 2.12. The van der Waals surface area contributed by atoms with Crippen molar-refractivity contribution in [3.05, 3.63) is 24.2 Å². The minimum atomic E-state index is -4.37. The zero-order valence-electron chi connectivity index (χ0n) is 10.6. The molecule has 1 rings (SSSR count). The lowest BCUT2D eigenvalue weighted by Crippen LogP contribution is -2.41. The minimum Gasteiger partial charge on any atom is -0.469 e. The Morgan fingerprint density at radius 1 is 1.47 bits per heavy atom. The van der Waals surface area contributed by atoms with Crippen LogP contribution < -0.4 is 10.6 Å². The Bertz CT molecular complexity index is 377. The molecular weight excluding hydrogens is 261 g/mol. The molecule has 0 bridgehead atoms. The number of nitrogens with one attached hydrogen (secondary N) is 2. The monoisotopic (exact) mass is 278 g/mol. The van der Waals surface area contributed by atoms with Crippen LogP contribution in [0.4, 0.5) is 13.2 Å². The number of furan rings is 1. The van der Waals surface area contributed by atoms with Gasteiger partial charge in [0.15, 0.2) is 0 Å². The number of aryl methyl sites for hydroxylation is 1. The molecule has 0 radical (unpaired) electrons. The summed E-state index contributed by atoms with van der Waals surface area (Å²) in [4.78, 5) is 11.1. The number of amides is 1. The highest BCUT2D eigenvalue weighted by molar-refractivity contribution is 5.78. The van der Waals surface area contributed by atoms with Gasteiger partial charge in [-0.3, -0.25) is 4.79 Å². The smallest absolute Gasteiger partial charge is 0.405 e. The second kappa shape index (κ2) is 7.18. The summed E-state index contributed by atoms with van der Waals surface area (Å²) < 4.78 is 40.7. The Kier molecular flexibility index (Phi) is 5.88. The molecule has 2 N–H and O–H groups in total. The molecule has 7 heteroatoms. The average Bonchev–Trinajstić information content (AvgIpc) is 2.83. The Labute approximate surface area is 109 Å². The van der Waals surface area contributed by atoms with Gasteiger partial charge in [0.25, 0.3) is 0 Å². The van der Waals surface area contributed by atoms with Crippen molar-refractivity contribution < 1.29 is 22.4 Å². The van der Waals surface area contributed by atoms with Crippen LogP contribution in [-0.2, 0) is 11.2 Å². The summed E-state index contributed by atoms with van der Waals surface area (Å²) in [5, 5.41) is 4.66. The maximum Gasteiger partial charge on any atom is 0.405 e. The van der Waals surface area contributed by atoms with Gasteiger partial charge in [-0.1, -0.05) is 0 Å². The van der Waals surface area contributed by atoms with E-state index in [-0.39, 0.29) is 12.6 Å². The van der Waals surface area contributed by atoms with E-state index in [1.165, 1.54) is 0 Å². The van der Waals surface area contributed by atoms with Gasteiger partial charge in [0.2, 0.25) is 5.91 Å². The summed E-state index contributed by atoms with van der Waals surface area (Å²) in [6.07, 6.45) is -1.34. The van der Waals surface area contributed by atoms with Gasteiger partial charge >= 0.3 is 6.18 Å². The van der Waals surface area contributed by atoms with Gasteiger partial charge in [0.05, 0.1) is 12.8 Å². The quantitative estimate of drug-likeness (QED) is 0.800. The van der Waals surface area contributed by atoms with E-state index >= 15 is 0 Å². The Hall–Kier alpha value is -1.50. The minimum absolute atomic E-state index is 0.0155. The van der Waals surface area contributed by atoms with Gasteiger partial charge in [0.1, 0.15) is 12.3 Å². The highest BCUT2D eigenvalue weighted by Crippen LogP contribution is 2.11. The first kappa shape index (κ1) is 15.6. The zero-order chi connectivity index (χ0) is 14.3. The third-order valence-corrected chi connectivity index (χ3v) is 2.50. The van der Waals surface area contributed by atoms with Crippen molar-refractivity contribution in [3.63, 3.8) is 0 Å². The molecule has 19 heavy (non-hydrogen) atoms. The molecule has 0 saturated carbocycles. The predicted molar refractivity (Wildman–Crippen MR) is 63.6 cm³/mol. The largest absolute Gasteiger partial charge is 0.469 e. The SMILES string of the molecule is CC(CCc1ccco1)NCC(=O)NCC(F)(F)F. The summed E-state index contributed by atoms with van der Waals surface area (Å²) in [6.45, 7) is 0.434. The maximum absolute atomic E-state index is 11.8. The third kappa shape index (κ3) is 7.50. The topological polar surface area (TPSA) is 54.3 Å². The van der Waals surface area contributed by atoms with Crippen molar-refractivity contribution in [2.24, 2.45) is 0 Å². The van der Waals surface area contributed by atoms with Crippen LogP contribution >= 0.6 is 0 Å². The van der Waals surface area contributed by atoms with E-state index in [1.54, 1.807) is 17.6 Å². The van der Waals surface area contributed by atoms with Crippen LogP contribution in [0.15, 0.2) is 22.8 Å². The molecule has 1 aromatic rings. The zero-order valence-corrected chi connectivity index (χ0v) is 10.6. The van der Waals surface area contributed by atoms with Gasteiger partial charge in [-0.15, -0.1) is 0 Å². The molecule has 4 nitrogen and oxygen atoms in total. The second-order valence-electron chi connectivity index (χ2n) is 4.29. The Morgan fingerprint density at radius 3 is 2.79 bits per heavy atom. The molecule has 0 spiro atoms. The number of alkyl halides is 3. The molecule has 0 saturated heterocycles. The van der Waals surface area contributed by atoms with Gasteiger partial charge in [-0.25, -0.2) is 0 Å². The van der Waals surface area contributed by atoms with Crippen LogP contribution in [0.3, 0.4) is 0 Å². The summed E-state index contributed by atoms with van der Waals surface area (Å²) in [5.74, 6) is 0.178. The van der Waals surface area contributed by atoms with Crippen molar-refractivity contribution in [2.75, 3.05) is 13.1 Å². The van der Waals surface area contributed by atoms with E-state index in [9.17, 15) is 18.0 Å². The molecule has 1 unspecified atom stereocenters. The molecular formula is C12H17F3N2O2. The number of hydrogen-bond donors (Lipinski definition) is 2. The van der Waals surface area contributed by atoms with E-state index in [0.717, 1.165) is 12.2 Å². The van der Waals surface area contributed by atoms with Gasteiger partial charge in [0, 0.05) is 12.5 Å². The van der Waals surface area contributed by atoms with Gasteiger partial charge in [-0.2, -0.15) is 13.2 Å². The van der Waals surface area contributed by atoms with Crippen molar-refractivity contribution in [3.8, 4) is 0 Å². The fraction of sp³-hybridized carbons (Fsp3) is 0.583. The first-order valence-corrected chi connectivity index (χ1v) is 5.96. The first-order valence-electron chi connectivity index (χ1n) is 5.96. The summed E-state index contributed by atoms with van der Waals surface area (Å²) in [7, 11) is 0. The average molecular weight is 278 g/mol. The van der Waals surface area contributed by atoms with Crippen LogP contribution in [0.25, 0.3) is 0 Å². The third-order valence-electron chi connectivity index (χ3n) is 2.50. The van der Waals surface area contributed by atoms with Crippen molar-refractivity contribution in [1.82, 2.24) is 10.6 Å². The van der Waals surface area contributed by atoms with Crippen LogP contribution in [0.2, 0.25) is 0 Å². The van der Waals surface area contributed by atoms with E-state index in [1.807, 2.05) is 13.0 Å². The molecule has 108 valence electrons. The van der Waals surface area contributed by atoms with Crippen LogP contribution in [0, 0.1) is 0 Å². The molecule has 1 atom stereocenters.